The van der Waals surface area contributed by atoms with Crippen LogP contribution in [-0.2, 0) is 14.9 Å². The summed E-state index contributed by atoms with van der Waals surface area (Å²) in [6, 6.07) is 1.66. The molecule has 3 saturated carbocycles. The highest BCUT2D eigenvalue weighted by molar-refractivity contribution is 6.02. The Kier molecular flexibility index (Phi) is 5.11. The molecular weight excluding hydrogens is 440 g/mol. The maximum Gasteiger partial charge on any atom is 0.311 e. The fourth-order valence-electron chi connectivity index (χ4n) is 9.58. The van der Waals surface area contributed by atoms with Crippen molar-refractivity contribution in [3.8, 4) is 11.5 Å². The third-order valence-electron chi connectivity index (χ3n) is 12.2. The van der Waals surface area contributed by atoms with Crippen LogP contribution in [0.4, 0.5) is 0 Å². The lowest BCUT2D eigenvalue weighted by Crippen LogP contribution is -2.66. The van der Waals surface area contributed by atoms with Gasteiger partial charge in [0.15, 0.2) is 17.3 Å². The van der Waals surface area contributed by atoms with Crippen LogP contribution in [0.1, 0.15) is 107 Å². The van der Waals surface area contributed by atoms with E-state index in [2.05, 4.69) is 34.6 Å². The van der Waals surface area contributed by atoms with Crippen molar-refractivity contribution in [1.82, 2.24) is 0 Å². The Morgan fingerprint density at radius 1 is 0.943 bits per heavy atom. The molecule has 4 aliphatic carbocycles. The molecule has 3 fully saturated rings. The SMILES string of the molecule is COC(=O)[C@]1(C)CC[C@]2(C)CC[C@]3(C)[C@H]4CC(=O)c5c(cc(O)c(O)c5C)[C@]4(C)CC[C@@]3(C)[C@@H]2C1. The Hall–Kier alpha value is -2.04. The third kappa shape index (κ3) is 2.93. The largest absolute Gasteiger partial charge is 0.504 e. The van der Waals surface area contributed by atoms with Crippen molar-refractivity contribution in [2.75, 3.05) is 7.11 Å². The Morgan fingerprint density at radius 3 is 2.20 bits per heavy atom. The topological polar surface area (TPSA) is 83.8 Å². The van der Waals surface area contributed by atoms with Gasteiger partial charge in [-0.15, -0.1) is 0 Å². The summed E-state index contributed by atoms with van der Waals surface area (Å²) in [6.45, 7) is 13.4. The highest BCUT2D eigenvalue weighted by Crippen LogP contribution is 2.75. The van der Waals surface area contributed by atoms with E-state index >= 15 is 0 Å². The number of hydrogen-bond acceptors (Lipinski definition) is 5. The molecule has 35 heavy (non-hydrogen) atoms. The molecule has 5 rings (SSSR count). The minimum absolute atomic E-state index is 0.00826. The standard InChI is InChI=1S/C30H42O5/c1-17-23-18(14-20(32)24(17)33)28(4)11-13-30(6)22-16-27(3,25(34)35-7)9-8-26(22,2)10-12-29(30,5)21(28)15-19(23)31/h14,21-22,32-33H,8-13,15-16H2,1-7H3/t21-,22+,26+,27+,28-,29+,30-/m0/s1. The maximum atomic E-state index is 13.6. The number of carbonyl (C=O) groups excluding carboxylic acids is 2. The average Bonchev–Trinajstić information content (AvgIpc) is 2.81. The number of Topliss-reactive ketones (excluding diaryl/α,β-unsaturated/α-hetero) is 1. The molecule has 0 radical (unpaired) electrons. The van der Waals surface area contributed by atoms with E-state index in [0.29, 0.717) is 23.5 Å². The summed E-state index contributed by atoms with van der Waals surface area (Å²) in [5.74, 6) is 0.201. The zero-order valence-electron chi connectivity index (χ0n) is 22.5. The number of benzene rings is 1. The molecule has 0 bridgehead atoms. The average molecular weight is 483 g/mol. The molecule has 0 aliphatic heterocycles. The smallest absolute Gasteiger partial charge is 0.311 e. The predicted molar refractivity (Wildman–Crippen MR) is 135 cm³/mol. The number of esters is 1. The molecule has 0 spiro atoms. The van der Waals surface area contributed by atoms with Crippen LogP contribution in [0, 0.1) is 40.4 Å². The molecule has 2 N–H and O–H groups in total. The summed E-state index contributed by atoms with van der Waals surface area (Å²) >= 11 is 0. The van der Waals surface area contributed by atoms with Gasteiger partial charge in [-0.1, -0.05) is 27.7 Å². The lowest BCUT2D eigenvalue weighted by molar-refractivity contribution is -0.212. The second-order valence-corrected chi connectivity index (χ2v) is 13.7. The summed E-state index contributed by atoms with van der Waals surface area (Å²) < 4.78 is 5.26. The number of rotatable bonds is 1. The van der Waals surface area contributed by atoms with Crippen LogP contribution in [0.25, 0.3) is 0 Å². The normalized spacial score (nSPS) is 44.5. The van der Waals surface area contributed by atoms with Crippen molar-refractivity contribution < 1.29 is 24.5 Å². The molecule has 5 nitrogen and oxygen atoms in total. The summed E-state index contributed by atoms with van der Waals surface area (Å²) in [5, 5.41) is 20.9. The van der Waals surface area contributed by atoms with Crippen LogP contribution in [-0.4, -0.2) is 29.1 Å². The lowest BCUT2D eigenvalue weighted by atomic mass is 9.32. The first kappa shape index (κ1) is 24.6. The van der Waals surface area contributed by atoms with Gasteiger partial charge < -0.3 is 14.9 Å². The van der Waals surface area contributed by atoms with E-state index in [9.17, 15) is 19.8 Å². The van der Waals surface area contributed by atoms with Gasteiger partial charge in [-0.2, -0.15) is 0 Å². The van der Waals surface area contributed by atoms with Crippen molar-refractivity contribution in [3.05, 3.63) is 22.8 Å². The van der Waals surface area contributed by atoms with Crippen molar-refractivity contribution in [1.29, 1.82) is 0 Å². The number of ether oxygens (including phenoxy) is 1. The van der Waals surface area contributed by atoms with Crippen LogP contribution < -0.4 is 0 Å². The highest BCUT2D eigenvalue weighted by atomic mass is 16.5. The number of phenolic OH excluding ortho intramolecular Hbond substituents is 2. The Labute approximate surface area is 209 Å². The molecule has 5 heteroatoms. The van der Waals surface area contributed by atoms with Crippen LogP contribution in [0.5, 0.6) is 11.5 Å². The number of phenols is 2. The molecule has 1 aromatic rings. The van der Waals surface area contributed by atoms with Crippen molar-refractivity contribution in [3.63, 3.8) is 0 Å². The zero-order chi connectivity index (χ0) is 25.8. The molecule has 7 atom stereocenters. The van der Waals surface area contributed by atoms with E-state index in [-0.39, 0.29) is 50.8 Å². The van der Waals surface area contributed by atoms with Gasteiger partial charge >= 0.3 is 5.97 Å². The van der Waals surface area contributed by atoms with Crippen molar-refractivity contribution in [2.24, 2.45) is 33.5 Å². The Balaban J connectivity index is 1.63. The van der Waals surface area contributed by atoms with E-state index < -0.39 is 5.41 Å². The number of carbonyl (C=O) groups is 2. The van der Waals surface area contributed by atoms with Gasteiger partial charge in [0, 0.05) is 17.5 Å². The zero-order valence-corrected chi connectivity index (χ0v) is 22.5. The molecule has 0 amide bonds. The Bertz CT molecular complexity index is 1120. The van der Waals surface area contributed by atoms with E-state index in [1.54, 1.807) is 13.0 Å². The summed E-state index contributed by atoms with van der Waals surface area (Å²) in [4.78, 5) is 26.5. The second-order valence-electron chi connectivity index (χ2n) is 13.7. The summed E-state index contributed by atoms with van der Waals surface area (Å²) in [5.41, 5.74) is 1.42. The maximum absolute atomic E-state index is 13.6. The highest BCUT2D eigenvalue weighted by Gasteiger charge is 2.69. The van der Waals surface area contributed by atoms with E-state index in [1.807, 2.05) is 0 Å². The predicted octanol–water partition coefficient (Wildman–Crippen LogP) is 6.45. The molecule has 0 heterocycles. The first-order valence-electron chi connectivity index (χ1n) is 13.3. The minimum atomic E-state index is -0.462. The number of hydrogen-bond donors (Lipinski definition) is 2. The van der Waals surface area contributed by atoms with E-state index in [4.69, 9.17) is 4.74 Å². The number of aromatic hydroxyl groups is 2. The Morgan fingerprint density at radius 2 is 1.54 bits per heavy atom. The molecule has 0 aromatic heterocycles. The van der Waals surface area contributed by atoms with Crippen LogP contribution in [0.3, 0.4) is 0 Å². The number of ketones is 1. The second kappa shape index (κ2) is 7.26. The van der Waals surface area contributed by atoms with Gasteiger partial charge in [0.2, 0.25) is 0 Å². The number of methoxy groups -OCH3 is 1. The third-order valence-corrected chi connectivity index (χ3v) is 12.2. The van der Waals surface area contributed by atoms with Gasteiger partial charge in [-0.05, 0) is 104 Å². The first-order valence-corrected chi connectivity index (χ1v) is 13.3. The molecule has 4 aliphatic rings. The monoisotopic (exact) mass is 482 g/mol. The first-order chi connectivity index (χ1) is 16.2. The van der Waals surface area contributed by atoms with Crippen LogP contribution in [0.15, 0.2) is 6.07 Å². The molecular formula is C30H42O5. The molecule has 1 aromatic carbocycles. The molecule has 0 saturated heterocycles. The van der Waals surface area contributed by atoms with Gasteiger partial charge in [-0.25, -0.2) is 0 Å². The van der Waals surface area contributed by atoms with Crippen LogP contribution in [0.2, 0.25) is 0 Å². The van der Waals surface area contributed by atoms with Gasteiger partial charge in [0.25, 0.3) is 0 Å². The minimum Gasteiger partial charge on any atom is -0.504 e. The number of fused-ring (bicyclic) bond motifs is 7. The fourth-order valence-corrected chi connectivity index (χ4v) is 9.58. The molecule has 192 valence electrons. The van der Waals surface area contributed by atoms with Crippen LogP contribution >= 0.6 is 0 Å². The van der Waals surface area contributed by atoms with Crippen molar-refractivity contribution in [2.45, 2.75) is 98.3 Å². The van der Waals surface area contributed by atoms with Gasteiger partial charge in [0.05, 0.1) is 12.5 Å². The fraction of sp³-hybridized carbons (Fsp3) is 0.733. The molecule has 0 unspecified atom stereocenters. The summed E-state index contributed by atoms with van der Waals surface area (Å²) in [7, 11) is 1.50. The lowest BCUT2D eigenvalue weighted by Gasteiger charge is -2.71. The van der Waals surface area contributed by atoms with E-state index in [0.717, 1.165) is 50.5 Å². The van der Waals surface area contributed by atoms with Crippen molar-refractivity contribution >= 4 is 11.8 Å². The quantitative estimate of drug-likeness (QED) is 0.355. The van der Waals surface area contributed by atoms with Gasteiger partial charge in [0.1, 0.15) is 0 Å². The summed E-state index contributed by atoms with van der Waals surface area (Å²) in [6.07, 6.45) is 7.32. The van der Waals surface area contributed by atoms with Gasteiger partial charge in [-0.3, -0.25) is 9.59 Å². The van der Waals surface area contributed by atoms with E-state index in [1.165, 1.54) is 7.11 Å².